The minimum absolute atomic E-state index is 0.392. The predicted octanol–water partition coefficient (Wildman–Crippen LogP) is 0.711. The molecule has 5 N–H and O–H groups in total. The van der Waals surface area contributed by atoms with Crippen LogP contribution in [0.25, 0.3) is 5.69 Å². The second kappa shape index (κ2) is 6.18. The quantitative estimate of drug-likeness (QED) is 0.553. The van der Waals surface area contributed by atoms with E-state index in [0.29, 0.717) is 23.6 Å². The van der Waals surface area contributed by atoms with Crippen molar-refractivity contribution in [1.29, 1.82) is 0 Å². The lowest BCUT2D eigenvalue weighted by atomic mass is 10.2. The van der Waals surface area contributed by atoms with Crippen LogP contribution in [0.15, 0.2) is 48.8 Å². The Bertz CT molecular complexity index is 593. The number of hydrogen-bond donors (Lipinski definition) is 3. The lowest BCUT2D eigenvalue weighted by molar-refractivity contribution is 0.618. The normalized spacial score (nSPS) is 11.7. The van der Waals surface area contributed by atoms with Crippen LogP contribution in [0, 0.1) is 5.82 Å². The van der Waals surface area contributed by atoms with Crippen LogP contribution in [-0.4, -0.2) is 23.1 Å². The number of likely N-dealkylation sites (N-methyl/N-ethyl adjacent to an activating group) is 1. The van der Waals surface area contributed by atoms with Crippen molar-refractivity contribution in [3.8, 4) is 5.69 Å². The van der Waals surface area contributed by atoms with Crippen LogP contribution in [0.3, 0.4) is 0 Å². The molecular formula is C13H17FN6. The molecule has 7 heteroatoms. The van der Waals surface area contributed by atoms with Gasteiger partial charge in [0.15, 0.2) is 0 Å². The second-order valence-electron chi connectivity index (χ2n) is 4.25. The fourth-order valence-corrected chi connectivity index (χ4v) is 1.77. The first-order valence-electron chi connectivity index (χ1n) is 6.04. The van der Waals surface area contributed by atoms with Gasteiger partial charge in [0.25, 0.3) is 0 Å². The number of hydrazine groups is 1. The number of imidazole rings is 1. The van der Waals surface area contributed by atoms with E-state index < -0.39 is 5.82 Å². The van der Waals surface area contributed by atoms with Gasteiger partial charge in [0.1, 0.15) is 5.82 Å². The minimum atomic E-state index is -0.392. The van der Waals surface area contributed by atoms with Crippen molar-refractivity contribution in [2.45, 2.75) is 0 Å². The third kappa shape index (κ3) is 3.14. The zero-order chi connectivity index (χ0) is 14.5. The predicted molar refractivity (Wildman–Crippen MR) is 76.4 cm³/mol. The van der Waals surface area contributed by atoms with E-state index in [4.69, 9.17) is 11.6 Å². The highest BCUT2D eigenvalue weighted by Gasteiger charge is 2.07. The number of aromatic nitrogens is 2. The van der Waals surface area contributed by atoms with Gasteiger partial charge in [-0.25, -0.2) is 15.2 Å². The van der Waals surface area contributed by atoms with Gasteiger partial charge in [0, 0.05) is 36.9 Å². The third-order valence-corrected chi connectivity index (χ3v) is 2.70. The largest absolute Gasteiger partial charge is 0.400 e. The summed E-state index contributed by atoms with van der Waals surface area (Å²) in [7, 11) is 1.78. The zero-order valence-corrected chi connectivity index (χ0v) is 11.1. The standard InChI is InChI=1S/C13H17FN6/c1-17-7-10(15)8-20(16)11-2-3-13(12(14)6-11)19-5-4-18-9-19/h2-6,8-9,17H,7,15-16H2,1H3/b10-8-. The van der Waals surface area contributed by atoms with Crippen LogP contribution in [0.1, 0.15) is 0 Å². The molecule has 0 aliphatic heterocycles. The van der Waals surface area contributed by atoms with Gasteiger partial charge in [0.2, 0.25) is 0 Å². The minimum Gasteiger partial charge on any atom is -0.400 e. The Morgan fingerprint density at radius 1 is 1.55 bits per heavy atom. The first kappa shape index (κ1) is 14.0. The van der Waals surface area contributed by atoms with Crippen LogP contribution in [0.5, 0.6) is 0 Å². The van der Waals surface area contributed by atoms with Crippen molar-refractivity contribution in [3.63, 3.8) is 0 Å². The van der Waals surface area contributed by atoms with Gasteiger partial charge in [-0.1, -0.05) is 0 Å². The Morgan fingerprint density at radius 3 is 2.95 bits per heavy atom. The lowest BCUT2D eigenvalue weighted by Gasteiger charge is -2.16. The van der Waals surface area contributed by atoms with Gasteiger partial charge in [-0.05, 0) is 19.2 Å². The van der Waals surface area contributed by atoms with E-state index >= 15 is 0 Å². The number of nitrogens with zero attached hydrogens (tertiary/aromatic N) is 3. The highest BCUT2D eigenvalue weighted by atomic mass is 19.1. The van der Waals surface area contributed by atoms with Crippen LogP contribution in [0.2, 0.25) is 0 Å². The summed E-state index contributed by atoms with van der Waals surface area (Å²) in [6.07, 6.45) is 6.33. The van der Waals surface area contributed by atoms with Crippen LogP contribution in [0.4, 0.5) is 10.1 Å². The molecule has 0 spiro atoms. The van der Waals surface area contributed by atoms with Crippen molar-refractivity contribution in [2.24, 2.45) is 11.6 Å². The summed E-state index contributed by atoms with van der Waals surface area (Å²) in [5, 5.41) is 4.19. The smallest absolute Gasteiger partial charge is 0.149 e. The molecule has 0 bridgehead atoms. The van der Waals surface area contributed by atoms with E-state index in [9.17, 15) is 4.39 Å². The molecule has 0 aliphatic carbocycles. The van der Waals surface area contributed by atoms with Crippen LogP contribution < -0.4 is 21.9 Å². The molecule has 2 rings (SSSR count). The topological polar surface area (TPSA) is 85.1 Å². The molecule has 0 aliphatic rings. The molecule has 1 aromatic heterocycles. The maximum atomic E-state index is 14.1. The Balaban J connectivity index is 2.23. The number of nitrogens with one attached hydrogen (secondary N) is 1. The Kier molecular flexibility index (Phi) is 4.34. The van der Waals surface area contributed by atoms with E-state index in [1.54, 1.807) is 42.3 Å². The summed E-state index contributed by atoms with van der Waals surface area (Å²) < 4.78 is 15.7. The monoisotopic (exact) mass is 276 g/mol. The molecule has 0 atom stereocenters. The van der Waals surface area contributed by atoms with E-state index in [-0.39, 0.29) is 0 Å². The molecular weight excluding hydrogens is 259 g/mol. The van der Waals surface area contributed by atoms with Crippen molar-refractivity contribution in [3.05, 3.63) is 54.6 Å². The van der Waals surface area contributed by atoms with E-state index in [0.717, 1.165) is 0 Å². The summed E-state index contributed by atoms with van der Waals surface area (Å²) in [5.74, 6) is 5.44. The van der Waals surface area contributed by atoms with Gasteiger partial charge in [0.05, 0.1) is 17.7 Å². The molecule has 1 heterocycles. The van der Waals surface area contributed by atoms with Crippen molar-refractivity contribution < 1.29 is 4.39 Å². The average Bonchev–Trinajstić information content (AvgIpc) is 2.92. The fourth-order valence-electron chi connectivity index (χ4n) is 1.77. The second-order valence-corrected chi connectivity index (χ2v) is 4.25. The number of halogens is 1. The number of rotatable bonds is 5. The molecule has 0 radical (unpaired) electrons. The average molecular weight is 276 g/mol. The van der Waals surface area contributed by atoms with Crippen molar-refractivity contribution in [2.75, 3.05) is 18.6 Å². The summed E-state index contributed by atoms with van der Waals surface area (Å²) >= 11 is 0. The van der Waals surface area contributed by atoms with Gasteiger partial charge in [-0.3, -0.25) is 5.01 Å². The third-order valence-electron chi connectivity index (χ3n) is 2.70. The van der Waals surface area contributed by atoms with E-state index in [1.165, 1.54) is 17.4 Å². The molecule has 0 fully saturated rings. The van der Waals surface area contributed by atoms with Crippen molar-refractivity contribution in [1.82, 2.24) is 14.9 Å². The maximum Gasteiger partial charge on any atom is 0.149 e. The van der Waals surface area contributed by atoms with Crippen LogP contribution in [-0.2, 0) is 0 Å². The maximum absolute atomic E-state index is 14.1. The summed E-state index contributed by atoms with van der Waals surface area (Å²) in [5.41, 5.74) is 7.20. The molecule has 1 aromatic carbocycles. The van der Waals surface area contributed by atoms with Crippen LogP contribution >= 0.6 is 0 Å². The molecule has 0 unspecified atom stereocenters. The lowest BCUT2D eigenvalue weighted by Crippen LogP contribution is -2.28. The van der Waals surface area contributed by atoms with Gasteiger partial charge >= 0.3 is 0 Å². The zero-order valence-electron chi connectivity index (χ0n) is 11.1. The number of anilines is 1. The first-order valence-corrected chi connectivity index (χ1v) is 6.04. The number of hydrogen-bond acceptors (Lipinski definition) is 5. The molecule has 0 amide bonds. The highest BCUT2D eigenvalue weighted by Crippen LogP contribution is 2.20. The summed E-state index contributed by atoms with van der Waals surface area (Å²) in [6, 6.07) is 4.69. The molecule has 2 aromatic rings. The van der Waals surface area contributed by atoms with Gasteiger partial charge < -0.3 is 15.6 Å². The summed E-state index contributed by atoms with van der Waals surface area (Å²) in [6.45, 7) is 0.503. The van der Waals surface area contributed by atoms with E-state index in [2.05, 4.69) is 10.3 Å². The Morgan fingerprint density at radius 2 is 2.35 bits per heavy atom. The van der Waals surface area contributed by atoms with E-state index in [1.807, 2.05) is 0 Å². The van der Waals surface area contributed by atoms with Gasteiger partial charge in [-0.2, -0.15) is 0 Å². The Labute approximate surface area is 116 Å². The first-order chi connectivity index (χ1) is 9.61. The fraction of sp³-hybridized carbons (Fsp3) is 0.154. The molecule has 0 saturated carbocycles. The molecule has 6 nitrogen and oxygen atoms in total. The SMILES string of the molecule is CNC/C(N)=C/N(N)c1ccc(-n2ccnc2)c(F)c1. The summed E-state index contributed by atoms with van der Waals surface area (Å²) in [4.78, 5) is 3.89. The highest BCUT2D eigenvalue weighted by molar-refractivity contribution is 5.52. The molecule has 106 valence electrons. The molecule has 20 heavy (non-hydrogen) atoms. The number of benzene rings is 1. The molecule has 0 saturated heterocycles. The van der Waals surface area contributed by atoms with Gasteiger partial charge in [-0.15, -0.1) is 0 Å². The number of nitrogens with two attached hydrogens (primary N) is 2. The van der Waals surface area contributed by atoms with Crippen molar-refractivity contribution >= 4 is 5.69 Å². The Hall–Kier alpha value is -2.38.